The van der Waals surface area contributed by atoms with Crippen LogP contribution in [0.5, 0.6) is 0 Å². The molecule has 0 aliphatic heterocycles. The van der Waals surface area contributed by atoms with E-state index in [0.717, 1.165) is 11.1 Å². The molecule has 0 amide bonds. The standard InChI is InChI=1S/C20H17ClFNO2S/c1-15-6-4-7-16(12-15)14-23(18-9-5-8-17(22)13-18)26(24,25)20-11-3-2-10-19(20)21/h2-13H,14H2,1H3. The Bertz CT molecular complexity index is 1040. The first-order valence-corrected chi connectivity index (χ1v) is 9.78. The van der Waals surface area contributed by atoms with E-state index in [2.05, 4.69) is 0 Å². The van der Waals surface area contributed by atoms with E-state index in [0.29, 0.717) is 0 Å². The Hall–Kier alpha value is -2.37. The quantitative estimate of drug-likeness (QED) is 0.602. The number of nitrogens with zero attached hydrogens (tertiary/aromatic N) is 1. The van der Waals surface area contributed by atoms with E-state index >= 15 is 0 Å². The van der Waals surface area contributed by atoms with Crippen molar-refractivity contribution in [3.63, 3.8) is 0 Å². The number of aryl methyl sites for hydroxylation is 1. The molecule has 0 heterocycles. The van der Waals surface area contributed by atoms with Gasteiger partial charge in [-0.25, -0.2) is 12.8 Å². The van der Waals surface area contributed by atoms with Gasteiger partial charge in [0.15, 0.2) is 0 Å². The molecule has 0 fully saturated rings. The van der Waals surface area contributed by atoms with Crippen LogP contribution < -0.4 is 4.31 Å². The van der Waals surface area contributed by atoms with Crippen LogP contribution in [0.2, 0.25) is 5.02 Å². The number of hydrogen-bond acceptors (Lipinski definition) is 2. The molecule has 26 heavy (non-hydrogen) atoms. The Morgan fingerprint density at radius 3 is 2.38 bits per heavy atom. The van der Waals surface area contributed by atoms with Crippen molar-refractivity contribution in [3.05, 3.63) is 94.8 Å². The number of anilines is 1. The van der Waals surface area contributed by atoms with E-state index in [1.165, 1.54) is 34.6 Å². The van der Waals surface area contributed by atoms with E-state index in [1.807, 2.05) is 31.2 Å². The largest absolute Gasteiger partial charge is 0.266 e. The van der Waals surface area contributed by atoms with Gasteiger partial charge in [0.2, 0.25) is 0 Å². The second-order valence-corrected chi connectivity index (χ2v) is 8.15. The molecule has 0 atom stereocenters. The van der Waals surface area contributed by atoms with Gasteiger partial charge in [-0.3, -0.25) is 4.31 Å². The van der Waals surface area contributed by atoms with Crippen molar-refractivity contribution >= 4 is 27.3 Å². The minimum Gasteiger partial charge on any atom is -0.262 e. The summed E-state index contributed by atoms with van der Waals surface area (Å²) in [5.74, 6) is -0.508. The number of benzene rings is 3. The Balaban J connectivity index is 2.13. The molecule has 0 spiro atoms. The Morgan fingerprint density at radius 2 is 1.69 bits per heavy atom. The fraction of sp³-hybridized carbons (Fsp3) is 0.100. The number of halogens is 2. The van der Waals surface area contributed by atoms with Crippen LogP contribution in [0.15, 0.2) is 77.7 Å². The third-order valence-corrected chi connectivity index (χ3v) is 6.18. The first-order valence-electron chi connectivity index (χ1n) is 7.96. The molecule has 0 saturated heterocycles. The van der Waals surface area contributed by atoms with E-state index < -0.39 is 15.8 Å². The van der Waals surface area contributed by atoms with Crippen molar-refractivity contribution in [1.82, 2.24) is 0 Å². The molecule has 0 saturated carbocycles. The molecule has 134 valence electrons. The van der Waals surface area contributed by atoms with Crippen LogP contribution >= 0.6 is 11.6 Å². The van der Waals surface area contributed by atoms with Gasteiger partial charge in [-0.05, 0) is 42.8 Å². The second kappa shape index (κ2) is 7.48. The summed E-state index contributed by atoms with van der Waals surface area (Å²) in [6.07, 6.45) is 0. The molecule has 3 aromatic carbocycles. The zero-order valence-electron chi connectivity index (χ0n) is 14.1. The average molecular weight is 390 g/mol. The van der Waals surface area contributed by atoms with Crippen LogP contribution in [-0.2, 0) is 16.6 Å². The molecule has 0 aliphatic rings. The van der Waals surface area contributed by atoms with Gasteiger partial charge >= 0.3 is 0 Å². The molecule has 6 heteroatoms. The van der Waals surface area contributed by atoms with Crippen LogP contribution in [0.4, 0.5) is 10.1 Å². The van der Waals surface area contributed by atoms with Gasteiger partial charge < -0.3 is 0 Å². The van der Waals surface area contributed by atoms with Crippen LogP contribution in [0.3, 0.4) is 0 Å². The SMILES string of the molecule is Cc1cccc(CN(c2cccc(F)c2)S(=O)(=O)c2ccccc2Cl)c1. The molecule has 0 aromatic heterocycles. The Morgan fingerprint density at radius 1 is 0.962 bits per heavy atom. The normalized spacial score (nSPS) is 11.3. The van der Waals surface area contributed by atoms with Crippen molar-refractivity contribution in [2.45, 2.75) is 18.4 Å². The maximum Gasteiger partial charge on any atom is 0.266 e. The third kappa shape index (κ3) is 3.89. The fourth-order valence-electron chi connectivity index (χ4n) is 2.70. The van der Waals surface area contributed by atoms with Gasteiger partial charge in [-0.1, -0.05) is 59.6 Å². The highest BCUT2D eigenvalue weighted by molar-refractivity contribution is 7.93. The topological polar surface area (TPSA) is 37.4 Å². The summed E-state index contributed by atoms with van der Waals surface area (Å²) in [5.41, 5.74) is 2.05. The van der Waals surface area contributed by atoms with Crippen molar-refractivity contribution in [2.24, 2.45) is 0 Å². The highest BCUT2D eigenvalue weighted by Gasteiger charge is 2.27. The lowest BCUT2D eigenvalue weighted by Gasteiger charge is -2.25. The van der Waals surface area contributed by atoms with Gasteiger partial charge in [-0.15, -0.1) is 0 Å². The third-order valence-electron chi connectivity index (χ3n) is 3.91. The summed E-state index contributed by atoms with van der Waals surface area (Å²) < 4.78 is 41.5. The minimum absolute atomic E-state index is 0.0152. The van der Waals surface area contributed by atoms with E-state index in [9.17, 15) is 12.8 Å². The fourth-order valence-corrected chi connectivity index (χ4v) is 4.64. The van der Waals surface area contributed by atoms with Crippen LogP contribution in [0, 0.1) is 12.7 Å². The number of sulfonamides is 1. The average Bonchev–Trinajstić information content (AvgIpc) is 2.60. The number of hydrogen-bond donors (Lipinski definition) is 0. The molecular formula is C20H17ClFNO2S. The molecule has 0 N–H and O–H groups in total. The van der Waals surface area contributed by atoms with Gasteiger partial charge in [0.1, 0.15) is 10.7 Å². The molecule has 0 bridgehead atoms. The Kier molecular flexibility index (Phi) is 5.30. The summed E-state index contributed by atoms with van der Waals surface area (Å²) in [6, 6.07) is 19.3. The highest BCUT2D eigenvalue weighted by atomic mass is 35.5. The summed E-state index contributed by atoms with van der Waals surface area (Å²) >= 11 is 6.12. The maximum absolute atomic E-state index is 13.8. The van der Waals surface area contributed by atoms with Crippen molar-refractivity contribution in [1.29, 1.82) is 0 Å². The summed E-state index contributed by atoms with van der Waals surface area (Å²) in [7, 11) is -3.98. The molecule has 3 rings (SSSR count). The highest BCUT2D eigenvalue weighted by Crippen LogP contribution is 2.30. The number of rotatable bonds is 5. The molecule has 0 unspecified atom stereocenters. The van der Waals surface area contributed by atoms with Crippen molar-refractivity contribution in [2.75, 3.05) is 4.31 Å². The first-order chi connectivity index (χ1) is 12.4. The molecule has 3 nitrogen and oxygen atoms in total. The van der Waals surface area contributed by atoms with Gasteiger partial charge in [-0.2, -0.15) is 0 Å². The summed E-state index contributed by atoms with van der Waals surface area (Å²) in [4.78, 5) is -0.0152. The van der Waals surface area contributed by atoms with Crippen LogP contribution in [-0.4, -0.2) is 8.42 Å². The summed E-state index contributed by atoms with van der Waals surface area (Å²) in [6.45, 7) is 2.00. The Labute approximate surface area is 157 Å². The predicted octanol–water partition coefficient (Wildman–Crippen LogP) is 5.18. The van der Waals surface area contributed by atoms with Crippen LogP contribution in [0.1, 0.15) is 11.1 Å². The van der Waals surface area contributed by atoms with E-state index in [-0.39, 0.29) is 22.2 Å². The van der Waals surface area contributed by atoms with Crippen molar-refractivity contribution < 1.29 is 12.8 Å². The van der Waals surface area contributed by atoms with E-state index in [4.69, 9.17) is 11.6 Å². The maximum atomic E-state index is 13.8. The second-order valence-electron chi connectivity index (χ2n) is 5.91. The molecule has 0 aliphatic carbocycles. The first kappa shape index (κ1) is 18.4. The predicted molar refractivity (Wildman–Crippen MR) is 102 cm³/mol. The lowest BCUT2D eigenvalue weighted by molar-refractivity contribution is 0.590. The summed E-state index contributed by atoms with van der Waals surface area (Å²) in [5, 5.41) is 0.123. The van der Waals surface area contributed by atoms with Crippen LogP contribution in [0.25, 0.3) is 0 Å². The molecule has 3 aromatic rings. The minimum atomic E-state index is -3.98. The lowest BCUT2D eigenvalue weighted by atomic mass is 10.1. The monoisotopic (exact) mass is 389 g/mol. The van der Waals surface area contributed by atoms with E-state index in [1.54, 1.807) is 18.2 Å². The smallest absolute Gasteiger partial charge is 0.262 e. The van der Waals surface area contributed by atoms with Crippen molar-refractivity contribution in [3.8, 4) is 0 Å². The van der Waals surface area contributed by atoms with Gasteiger partial charge in [0, 0.05) is 0 Å². The zero-order valence-corrected chi connectivity index (χ0v) is 15.6. The molecular weight excluding hydrogens is 373 g/mol. The van der Waals surface area contributed by atoms with Gasteiger partial charge in [0.25, 0.3) is 10.0 Å². The molecule has 0 radical (unpaired) electrons. The van der Waals surface area contributed by atoms with Gasteiger partial charge in [0.05, 0.1) is 17.3 Å². The zero-order chi connectivity index (χ0) is 18.7. The lowest BCUT2D eigenvalue weighted by Crippen LogP contribution is -2.31.